The Labute approximate surface area is 195 Å². The summed E-state index contributed by atoms with van der Waals surface area (Å²) in [4.78, 5) is 16.0. The minimum atomic E-state index is -4.78. The maximum atomic E-state index is 13.3. The largest absolute Gasteiger partial charge is 0.417 e. The van der Waals surface area contributed by atoms with Crippen LogP contribution in [0, 0.1) is 5.92 Å². The lowest BCUT2D eigenvalue weighted by Gasteiger charge is -2.31. The molecular formula is C23H23F3N4O3S. The number of piperidine rings is 1. The van der Waals surface area contributed by atoms with Crippen LogP contribution in [0.3, 0.4) is 0 Å². The molecule has 180 valence electrons. The molecule has 0 aliphatic carbocycles. The van der Waals surface area contributed by atoms with Gasteiger partial charge in [0.1, 0.15) is 0 Å². The van der Waals surface area contributed by atoms with Gasteiger partial charge < -0.3 is 9.88 Å². The molecule has 0 spiro atoms. The van der Waals surface area contributed by atoms with Crippen LogP contribution in [0.15, 0.2) is 72.1 Å². The molecule has 11 heteroatoms. The zero-order chi connectivity index (χ0) is 24.3. The molecule has 4 rings (SSSR count). The van der Waals surface area contributed by atoms with Gasteiger partial charge in [-0.25, -0.2) is 13.4 Å². The van der Waals surface area contributed by atoms with Gasteiger partial charge in [0.15, 0.2) is 0 Å². The summed E-state index contributed by atoms with van der Waals surface area (Å²) < 4.78 is 68.7. The number of nitrogens with zero attached hydrogens (tertiary/aromatic N) is 3. The Kier molecular flexibility index (Phi) is 6.76. The van der Waals surface area contributed by atoms with Crippen molar-refractivity contribution >= 4 is 21.6 Å². The molecule has 1 amide bonds. The Hall–Kier alpha value is -3.18. The molecule has 0 radical (unpaired) electrons. The number of aromatic nitrogens is 2. The Bertz CT molecular complexity index is 1250. The maximum Gasteiger partial charge on any atom is 0.417 e. The predicted molar refractivity (Wildman–Crippen MR) is 119 cm³/mol. The number of halogens is 3. The van der Waals surface area contributed by atoms with Crippen LogP contribution in [-0.4, -0.2) is 41.3 Å². The summed E-state index contributed by atoms with van der Waals surface area (Å²) in [6.07, 6.45) is 0.858. The number of alkyl halides is 3. The topological polar surface area (TPSA) is 84.3 Å². The number of rotatable bonds is 6. The van der Waals surface area contributed by atoms with E-state index in [2.05, 4.69) is 10.3 Å². The lowest BCUT2D eigenvalue weighted by Crippen LogP contribution is -2.41. The van der Waals surface area contributed by atoms with Gasteiger partial charge in [0.2, 0.25) is 15.9 Å². The van der Waals surface area contributed by atoms with Crippen molar-refractivity contribution in [3.63, 3.8) is 0 Å². The lowest BCUT2D eigenvalue weighted by molar-refractivity contribution is -0.139. The molecule has 0 atom stereocenters. The fraction of sp³-hybridized carbons (Fsp3) is 0.304. The molecule has 3 aromatic rings. The number of carbonyl (C=O) groups excluding carboxylic acids is 1. The number of hydrogen-bond acceptors (Lipinski definition) is 4. The Morgan fingerprint density at radius 1 is 1.09 bits per heavy atom. The third kappa shape index (κ3) is 5.31. The molecule has 0 unspecified atom stereocenters. The van der Waals surface area contributed by atoms with E-state index in [1.54, 1.807) is 18.6 Å². The van der Waals surface area contributed by atoms with Crippen LogP contribution in [-0.2, 0) is 27.5 Å². The molecule has 1 aliphatic heterocycles. The van der Waals surface area contributed by atoms with Crippen LogP contribution in [0.1, 0.15) is 24.0 Å². The molecule has 1 N–H and O–H groups in total. The van der Waals surface area contributed by atoms with E-state index in [0.29, 0.717) is 12.2 Å². The number of anilines is 1. The second-order valence-electron chi connectivity index (χ2n) is 8.10. The summed E-state index contributed by atoms with van der Waals surface area (Å²) in [6, 6.07) is 11.5. The van der Waals surface area contributed by atoms with E-state index in [1.807, 2.05) is 29.0 Å². The first kappa shape index (κ1) is 24.0. The van der Waals surface area contributed by atoms with Crippen molar-refractivity contribution in [3.8, 4) is 0 Å². The van der Waals surface area contributed by atoms with E-state index in [-0.39, 0.29) is 31.8 Å². The quantitative estimate of drug-likeness (QED) is 0.564. The predicted octanol–water partition coefficient (Wildman–Crippen LogP) is 3.99. The van der Waals surface area contributed by atoms with E-state index < -0.39 is 32.6 Å². The summed E-state index contributed by atoms with van der Waals surface area (Å²) in [7, 11) is -4.34. The molecule has 1 fully saturated rings. The van der Waals surface area contributed by atoms with Crippen LogP contribution >= 0.6 is 0 Å². The van der Waals surface area contributed by atoms with Gasteiger partial charge >= 0.3 is 6.18 Å². The number of sulfonamides is 1. The van der Waals surface area contributed by atoms with Gasteiger partial charge in [0, 0.05) is 43.6 Å². The maximum absolute atomic E-state index is 13.3. The zero-order valence-electron chi connectivity index (χ0n) is 18.1. The Morgan fingerprint density at radius 3 is 2.50 bits per heavy atom. The first-order chi connectivity index (χ1) is 16.1. The van der Waals surface area contributed by atoms with Crippen LogP contribution < -0.4 is 5.32 Å². The van der Waals surface area contributed by atoms with Gasteiger partial charge in [-0.2, -0.15) is 17.5 Å². The minimum Gasteiger partial charge on any atom is -0.333 e. The van der Waals surface area contributed by atoms with Crippen molar-refractivity contribution < 1.29 is 26.4 Å². The molecular weight excluding hydrogens is 469 g/mol. The van der Waals surface area contributed by atoms with Gasteiger partial charge in [0.25, 0.3) is 0 Å². The first-order valence-electron chi connectivity index (χ1n) is 10.7. The summed E-state index contributed by atoms with van der Waals surface area (Å²) in [6.45, 7) is 0.528. The molecule has 0 bridgehead atoms. The number of imidazole rings is 1. The fourth-order valence-corrected chi connectivity index (χ4v) is 5.69. The molecule has 1 aromatic heterocycles. The van der Waals surface area contributed by atoms with Gasteiger partial charge in [0.05, 0.1) is 16.8 Å². The minimum absolute atomic E-state index is 0.0344. The number of nitrogens with one attached hydrogen (secondary N) is 1. The van der Waals surface area contributed by atoms with E-state index in [0.717, 1.165) is 28.1 Å². The van der Waals surface area contributed by atoms with Crippen molar-refractivity contribution in [1.82, 2.24) is 13.9 Å². The van der Waals surface area contributed by atoms with Crippen molar-refractivity contribution in [3.05, 3.63) is 78.4 Å². The molecule has 1 saturated heterocycles. The summed E-state index contributed by atoms with van der Waals surface area (Å²) in [5, 5.41) is 2.87. The molecule has 2 aromatic carbocycles. The highest BCUT2D eigenvalue weighted by atomic mass is 32.2. The molecule has 34 heavy (non-hydrogen) atoms. The second kappa shape index (κ2) is 9.59. The van der Waals surface area contributed by atoms with Crippen molar-refractivity contribution in [1.29, 1.82) is 0 Å². The second-order valence-corrected chi connectivity index (χ2v) is 10.0. The third-order valence-corrected chi connectivity index (χ3v) is 7.71. The highest BCUT2D eigenvalue weighted by Crippen LogP contribution is 2.36. The molecule has 2 heterocycles. The van der Waals surface area contributed by atoms with Crippen molar-refractivity contribution in [2.75, 3.05) is 18.4 Å². The van der Waals surface area contributed by atoms with Gasteiger partial charge in [-0.3, -0.25) is 4.79 Å². The SMILES string of the molecule is O=C(Nc1cccc(Cn2ccnc2)c1)C1CCN(S(=O)(=O)c2ccccc2C(F)(F)F)CC1. The number of benzene rings is 2. The number of hydrogen-bond donors (Lipinski definition) is 1. The number of carbonyl (C=O) groups is 1. The summed E-state index contributed by atoms with van der Waals surface area (Å²) in [5.74, 6) is -0.686. The standard InChI is InChI=1S/C23H23F3N4O3S/c24-23(25,26)20-6-1-2-7-21(20)34(32,33)30-11-8-18(9-12-30)22(31)28-19-5-3-4-17(14-19)15-29-13-10-27-16-29/h1-7,10,13-14,16,18H,8-9,11-12,15H2,(H,28,31). The fourth-order valence-electron chi connectivity index (χ4n) is 4.01. The zero-order valence-corrected chi connectivity index (χ0v) is 18.9. The van der Waals surface area contributed by atoms with Crippen LogP contribution in [0.5, 0.6) is 0 Å². The monoisotopic (exact) mass is 492 g/mol. The van der Waals surface area contributed by atoms with Crippen LogP contribution in [0.4, 0.5) is 18.9 Å². The third-order valence-electron chi connectivity index (χ3n) is 5.75. The summed E-state index contributed by atoms with van der Waals surface area (Å²) >= 11 is 0. The Morgan fingerprint density at radius 2 is 1.82 bits per heavy atom. The molecule has 0 saturated carbocycles. The van der Waals surface area contributed by atoms with Gasteiger partial charge in [-0.05, 0) is 42.7 Å². The Balaban J connectivity index is 1.39. The van der Waals surface area contributed by atoms with E-state index in [4.69, 9.17) is 0 Å². The van der Waals surface area contributed by atoms with Crippen LogP contribution in [0.25, 0.3) is 0 Å². The van der Waals surface area contributed by atoms with E-state index >= 15 is 0 Å². The smallest absolute Gasteiger partial charge is 0.333 e. The van der Waals surface area contributed by atoms with E-state index in [1.165, 1.54) is 6.07 Å². The first-order valence-corrected chi connectivity index (χ1v) is 12.1. The van der Waals surface area contributed by atoms with Gasteiger partial charge in [-0.15, -0.1) is 0 Å². The van der Waals surface area contributed by atoms with Crippen molar-refractivity contribution in [2.45, 2.75) is 30.5 Å². The molecule has 7 nitrogen and oxygen atoms in total. The average Bonchev–Trinajstić information content (AvgIpc) is 3.32. The lowest BCUT2D eigenvalue weighted by atomic mass is 9.97. The normalized spacial score (nSPS) is 15.9. The average molecular weight is 493 g/mol. The van der Waals surface area contributed by atoms with Crippen molar-refractivity contribution in [2.24, 2.45) is 5.92 Å². The molecule has 1 aliphatic rings. The number of amides is 1. The summed E-state index contributed by atoms with van der Waals surface area (Å²) in [5.41, 5.74) is 0.405. The van der Waals surface area contributed by atoms with Gasteiger partial charge in [-0.1, -0.05) is 24.3 Å². The highest BCUT2D eigenvalue weighted by Gasteiger charge is 2.40. The van der Waals surface area contributed by atoms with Crippen LogP contribution in [0.2, 0.25) is 0 Å². The van der Waals surface area contributed by atoms with E-state index in [9.17, 15) is 26.4 Å². The highest BCUT2D eigenvalue weighted by molar-refractivity contribution is 7.89.